The summed E-state index contributed by atoms with van der Waals surface area (Å²) in [5, 5.41) is 13.1. The number of aromatic nitrogens is 1. The molecule has 0 amide bonds. The molecule has 1 atom stereocenters. The lowest BCUT2D eigenvalue weighted by molar-refractivity contribution is 0.172. The highest BCUT2D eigenvalue weighted by Gasteiger charge is 2.10. The van der Waals surface area contributed by atoms with Crippen molar-refractivity contribution in [1.29, 1.82) is 0 Å². The molecule has 0 fully saturated rings. The minimum atomic E-state index is -0.567. The van der Waals surface area contributed by atoms with Crippen molar-refractivity contribution in [2.45, 2.75) is 13.0 Å². The van der Waals surface area contributed by atoms with E-state index in [2.05, 4.69) is 10.3 Å². The molecule has 1 aromatic rings. The molecule has 0 radical (unpaired) electrons. The van der Waals surface area contributed by atoms with E-state index in [-0.39, 0.29) is 0 Å². The van der Waals surface area contributed by atoms with Gasteiger partial charge in [-0.1, -0.05) is 11.6 Å². The number of aliphatic hydroxyl groups excluding tert-OH is 1. The molecule has 1 heterocycles. The monoisotopic (exact) mass is 200 g/mol. The largest absolute Gasteiger partial charge is 0.385 e. The summed E-state index contributed by atoms with van der Waals surface area (Å²) < 4.78 is 0. The normalized spacial score (nSPS) is 12.9. The number of hydrogen-bond donors (Lipinski definition) is 2. The van der Waals surface area contributed by atoms with Crippen LogP contribution in [0.15, 0.2) is 12.3 Å². The van der Waals surface area contributed by atoms with Gasteiger partial charge in [0.15, 0.2) is 0 Å². The zero-order chi connectivity index (χ0) is 9.84. The molecule has 0 saturated carbocycles. The summed E-state index contributed by atoms with van der Waals surface area (Å²) in [7, 11) is 1.79. The number of rotatable bonds is 3. The van der Waals surface area contributed by atoms with Crippen LogP contribution in [-0.2, 0) is 0 Å². The second-order valence-electron chi connectivity index (χ2n) is 2.93. The molecule has 0 aliphatic rings. The first-order valence-electron chi connectivity index (χ1n) is 4.10. The Bertz CT molecular complexity index is 291. The average molecular weight is 201 g/mol. The lowest BCUT2D eigenvalue weighted by Gasteiger charge is -2.11. The molecular formula is C9H13ClN2O. The molecule has 0 aromatic carbocycles. The molecule has 0 aliphatic carbocycles. The predicted molar refractivity (Wildman–Crippen MR) is 52.9 cm³/mol. The fraction of sp³-hybridized carbons (Fsp3) is 0.444. The summed E-state index contributed by atoms with van der Waals surface area (Å²) in [6.07, 6.45) is 0.977. The Morgan fingerprint density at radius 1 is 1.69 bits per heavy atom. The summed E-state index contributed by atoms with van der Waals surface area (Å²) in [6, 6.07) is 1.79. The van der Waals surface area contributed by atoms with Gasteiger partial charge in [0, 0.05) is 12.7 Å². The summed E-state index contributed by atoms with van der Waals surface area (Å²) in [5.74, 6) is 0. The number of pyridine rings is 1. The number of aryl methyl sites for hydroxylation is 1. The lowest BCUT2D eigenvalue weighted by Crippen LogP contribution is -2.18. The van der Waals surface area contributed by atoms with Gasteiger partial charge >= 0.3 is 0 Å². The lowest BCUT2D eigenvalue weighted by atomic mass is 10.1. The van der Waals surface area contributed by atoms with E-state index >= 15 is 0 Å². The Kier molecular flexibility index (Phi) is 3.66. The van der Waals surface area contributed by atoms with Crippen LogP contribution in [0.2, 0.25) is 5.02 Å². The van der Waals surface area contributed by atoms with E-state index in [1.54, 1.807) is 19.3 Å². The van der Waals surface area contributed by atoms with Gasteiger partial charge in [0.05, 0.1) is 10.7 Å². The van der Waals surface area contributed by atoms with Crippen LogP contribution in [0.3, 0.4) is 0 Å². The standard InChI is InChI=1S/C9H13ClN2O/c1-6-3-7(10)4-12-9(6)8(13)5-11-2/h3-4,8,11,13H,5H2,1-2H3. The molecule has 1 rings (SSSR count). The van der Waals surface area contributed by atoms with Crippen molar-refractivity contribution < 1.29 is 5.11 Å². The van der Waals surface area contributed by atoms with Crippen molar-refractivity contribution in [3.8, 4) is 0 Å². The van der Waals surface area contributed by atoms with Crippen LogP contribution >= 0.6 is 11.6 Å². The molecule has 72 valence electrons. The molecule has 13 heavy (non-hydrogen) atoms. The van der Waals surface area contributed by atoms with Crippen LogP contribution in [0.5, 0.6) is 0 Å². The van der Waals surface area contributed by atoms with Crippen molar-refractivity contribution >= 4 is 11.6 Å². The third kappa shape index (κ3) is 2.66. The van der Waals surface area contributed by atoms with Crippen LogP contribution in [0.25, 0.3) is 0 Å². The van der Waals surface area contributed by atoms with E-state index in [1.807, 2.05) is 6.92 Å². The van der Waals surface area contributed by atoms with Crippen molar-refractivity contribution in [3.05, 3.63) is 28.5 Å². The molecule has 3 nitrogen and oxygen atoms in total. The van der Waals surface area contributed by atoms with Crippen LogP contribution in [0.4, 0.5) is 0 Å². The molecular weight excluding hydrogens is 188 g/mol. The Hall–Kier alpha value is -0.640. The van der Waals surface area contributed by atoms with Crippen LogP contribution in [0.1, 0.15) is 17.4 Å². The SMILES string of the molecule is CNCC(O)c1ncc(Cl)cc1C. The van der Waals surface area contributed by atoms with Crippen molar-refractivity contribution in [2.24, 2.45) is 0 Å². The topological polar surface area (TPSA) is 45.1 Å². The summed E-state index contributed by atoms with van der Waals surface area (Å²) >= 11 is 5.74. The van der Waals surface area contributed by atoms with Gasteiger partial charge in [0.25, 0.3) is 0 Å². The molecule has 0 spiro atoms. The Morgan fingerprint density at radius 2 is 2.38 bits per heavy atom. The fourth-order valence-electron chi connectivity index (χ4n) is 1.19. The molecule has 1 aromatic heterocycles. The van der Waals surface area contributed by atoms with E-state index in [9.17, 15) is 5.11 Å². The van der Waals surface area contributed by atoms with Crippen molar-refractivity contribution in [3.63, 3.8) is 0 Å². The van der Waals surface area contributed by atoms with Crippen LogP contribution in [-0.4, -0.2) is 23.7 Å². The van der Waals surface area contributed by atoms with Crippen molar-refractivity contribution in [2.75, 3.05) is 13.6 Å². The third-order valence-corrected chi connectivity index (χ3v) is 2.01. The highest BCUT2D eigenvalue weighted by atomic mass is 35.5. The van der Waals surface area contributed by atoms with E-state index < -0.39 is 6.10 Å². The molecule has 0 bridgehead atoms. The molecule has 4 heteroatoms. The first-order chi connectivity index (χ1) is 6.15. The van der Waals surface area contributed by atoms with Gasteiger partial charge in [-0.15, -0.1) is 0 Å². The zero-order valence-electron chi connectivity index (χ0n) is 7.71. The van der Waals surface area contributed by atoms with Gasteiger partial charge in [0.2, 0.25) is 0 Å². The summed E-state index contributed by atoms with van der Waals surface area (Å²) in [6.45, 7) is 2.38. The predicted octanol–water partition coefficient (Wildman–Crippen LogP) is 1.30. The Morgan fingerprint density at radius 3 is 2.92 bits per heavy atom. The molecule has 0 saturated heterocycles. The average Bonchev–Trinajstić information content (AvgIpc) is 2.04. The van der Waals surface area contributed by atoms with E-state index in [0.29, 0.717) is 17.3 Å². The first-order valence-corrected chi connectivity index (χ1v) is 4.47. The van der Waals surface area contributed by atoms with Gasteiger partial charge in [-0.05, 0) is 25.6 Å². The number of nitrogens with zero attached hydrogens (tertiary/aromatic N) is 1. The second-order valence-corrected chi connectivity index (χ2v) is 3.37. The fourth-order valence-corrected chi connectivity index (χ4v) is 1.40. The van der Waals surface area contributed by atoms with Gasteiger partial charge < -0.3 is 10.4 Å². The van der Waals surface area contributed by atoms with E-state index in [1.165, 1.54) is 0 Å². The highest BCUT2D eigenvalue weighted by molar-refractivity contribution is 6.30. The third-order valence-electron chi connectivity index (χ3n) is 1.80. The molecule has 0 aliphatic heterocycles. The number of halogens is 1. The van der Waals surface area contributed by atoms with Gasteiger partial charge in [-0.25, -0.2) is 0 Å². The molecule has 1 unspecified atom stereocenters. The van der Waals surface area contributed by atoms with Crippen LogP contribution in [0, 0.1) is 6.92 Å². The van der Waals surface area contributed by atoms with E-state index in [4.69, 9.17) is 11.6 Å². The quantitative estimate of drug-likeness (QED) is 0.773. The summed E-state index contributed by atoms with van der Waals surface area (Å²) in [5.41, 5.74) is 1.59. The van der Waals surface area contributed by atoms with E-state index in [0.717, 1.165) is 5.56 Å². The second kappa shape index (κ2) is 4.56. The number of aliphatic hydroxyl groups is 1. The maximum Gasteiger partial charge on any atom is 0.109 e. The van der Waals surface area contributed by atoms with Gasteiger partial charge in [-0.3, -0.25) is 4.98 Å². The van der Waals surface area contributed by atoms with Gasteiger partial charge in [-0.2, -0.15) is 0 Å². The maximum atomic E-state index is 9.62. The maximum absolute atomic E-state index is 9.62. The summed E-state index contributed by atoms with van der Waals surface area (Å²) in [4.78, 5) is 4.07. The van der Waals surface area contributed by atoms with Crippen LogP contribution < -0.4 is 5.32 Å². The minimum Gasteiger partial charge on any atom is -0.385 e. The smallest absolute Gasteiger partial charge is 0.109 e. The Balaban J connectivity index is 2.88. The minimum absolute atomic E-state index is 0.496. The first kappa shape index (κ1) is 10.4. The Labute approximate surface area is 82.8 Å². The number of hydrogen-bond acceptors (Lipinski definition) is 3. The molecule has 2 N–H and O–H groups in total. The zero-order valence-corrected chi connectivity index (χ0v) is 8.47. The van der Waals surface area contributed by atoms with Gasteiger partial charge in [0.1, 0.15) is 6.10 Å². The highest BCUT2D eigenvalue weighted by Crippen LogP contribution is 2.17. The number of likely N-dealkylation sites (N-methyl/N-ethyl adjacent to an activating group) is 1. The van der Waals surface area contributed by atoms with Crippen molar-refractivity contribution in [1.82, 2.24) is 10.3 Å². The number of nitrogens with one attached hydrogen (secondary N) is 1.